The van der Waals surface area contributed by atoms with Gasteiger partial charge in [0.15, 0.2) is 0 Å². The van der Waals surface area contributed by atoms with Gasteiger partial charge in [0.1, 0.15) is 0 Å². The first-order chi connectivity index (χ1) is 38.5. The number of rotatable bonds is 68. The van der Waals surface area contributed by atoms with Crippen LogP contribution in [0.4, 0.5) is 0 Å². The second-order valence-electron chi connectivity index (χ2n) is 24.9. The van der Waals surface area contributed by atoms with Gasteiger partial charge in [0.2, 0.25) is 5.91 Å². The Hall–Kier alpha value is -1.40. The second-order valence-corrected chi connectivity index (χ2v) is 24.9. The van der Waals surface area contributed by atoms with Crippen LogP contribution in [-0.2, 0) is 14.3 Å². The standard InChI is InChI=1S/C72H141NO5/c1-3-5-7-9-11-13-15-16-38-42-46-50-54-58-62-66-72(77)78-67-63-59-55-51-47-43-40-37-35-33-31-29-27-25-23-21-19-17-18-20-22-24-26-28-30-32-34-36-39-41-45-49-53-57-61-65-71(76)73-69(68-74)70(75)64-60-56-52-48-44-14-12-10-8-6-4-2/h60,64,69-70,74-75H,3-59,61-63,65-68H2,1-2H3,(H,73,76)/b64-60+. The average molecular weight is 1100 g/mol. The van der Waals surface area contributed by atoms with Crippen molar-refractivity contribution in [1.29, 1.82) is 0 Å². The molecule has 0 radical (unpaired) electrons. The number of carbonyl (C=O) groups is 2. The van der Waals surface area contributed by atoms with Crippen LogP contribution in [0.2, 0.25) is 0 Å². The highest BCUT2D eigenvalue weighted by molar-refractivity contribution is 5.76. The quantitative estimate of drug-likeness (QED) is 0.0320. The van der Waals surface area contributed by atoms with Crippen molar-refractivity contribution in [3.05, 3.63) is 12.2 Å². The fraction of sp³-hybridized carbons (Fsp3) is 0.944. The Kier molecular flexibility index (Phi) is 66.9. The summed E-state index contributed by atoms with van der Waals surface area (Å²) < 4.78 is 5.50. The van der Waals surface area contributed by atoms with Crippen LogP contribution < -0.4 is 5.32 Å². The maximum absolute atomic E-state index is 12.4. The lowest BCUT2D eigenvalue weighted by Crippen LogP contribution is -2.45. The highest BCUT2D eigenvalue weighted by Gasteiger charge is 2.18. The number of unbranched alkanes of at least 4 members (excludes halogenated alkanes) is 57. The van der Waals surface area contributed by atoms with E-state index in [1.165, 1.54) is 347 Å². The molecule has 0 aromatic rings. The Morgan fingerprint density at radius 3 is 0.872 bits per heavy atom. The summed E-state index contributed by atoms with van der Waals surface area (Å²) in [6.45, 7) is 4.93. The minimum Gasteiger partial charge on any atom is -0.466 e. The van der Waals surface area contributed by atoms with Gasteiger partial charge in [-0.05, 0) is 32.1 Å². The molecule has 0 heterocycles. The smallest absolute Gasteiger partial charge is 0.305 e. The van der Waals surface area contributed by atoms with Crippen LogP contribution in [0.5, 0.6) is 0 Å². The number of aliphatic hydroxyl groups excluding tert-OH is 2. The van der Waals surface area contributed by atoms with E-state index in [9.17, 15) is 19.8 Å². The lowest BCUT2D eigenvalue weighted by atomic mass is 10.0. The lowest BCUT2D eigenvalue weighted by Gasteiger charge is -2.20. The molecule has 464 valence electrons. The first-order valence-electron chi connectivity index (χ1n) is 36.0. The zero-order valence-corrected chi connectivity index (χ0v) is 53.2. The molecule has 3 N–H and O–H groups in total. The maximum atomic E-state index is 12.4. The summed E-state index contributed by atoms with van der Waals surface area (Å²) in [6.07, 6.45) is 84.6. The first kappa shape index (κ1) is 76.6. The predicted molar refractivity (Wildman–Crippen MR) is 343 cm³/mol. The molecule has 0 aliphatic rings. The van der Waals surface area contributed by atoms with Gasteiger partial charge in [-0.15, -0.1) is 0 Å². The van der Waals surface area contributed by atoms with Crippen LogP contribution in [0, 0.1) is 0 Å². The molecule has 78 heavy (non-hydrogen) atoms. The van der Waals surface area contributed by atoms with Crippen LogP contribution in [-0.4, -0.2) is 47.4 Å². The van der Waals surface area contributed by atoms with Gasteiger partial charge in [-0.25, -0.2) is 0 Å². The van der Waals surface area contributed by atoms with Gasteiger partial charge in [0.25, 0.3) is 0 Å². The van der Waals surface area contributed by atoms with Crippen molar-refractivity contribution in [3.63, 3.8) is 0 Å². The van der Waals surface area contributed by atoms with Crippen LogP contribution in [0.1, 0.15) is 412 Å². The number of ether oxygens (including phenoxy) is 1. The van der Waals surface area contributed by atoms with Crippen molar-refractivity contribution < 1.29 is 24.5 Å². The van der Waals surface area contributed by atoms with E-state index in [1.807, 2.05) is 6.08 Å². The molecule has 0 aromatic heterocycles. The van der Waals surface area contributed by atoms with Crippen molar-refractivity contribution in [2.45, 2.75) is 424 Å². The zero-order valence-electron chi connectivity index (χ0n) is 53.2. The molecule has 6 heteroatoms. The molecular weight excluding hydrogens is 959 g/mol. The van der Waals surface area contributed by atoms with Gasteiger partial charge in [0, 0.05) is 12.8 Å². The van der Waals surface area contributed by atoms with Gasteiger partial charge in [-0.2, -0.15) is 0 Å². The van der Waals surface area contributed by atoms with E-state index in [0.29, 0.717) is 19.4 Å². The fourth-order valence-corrected chi connectivity index (χ4v) is 11.6. The van der Waals surface area contributed by atoms with E-state index >= 15 is 0 Å². The van der Waals surface area contributed by atoms with Gasteiger partial charge in [-0.3, -0.25) is 9.59 Å². The van der Waals surface area contributed by atoms with Gasteiger partial charge in [0.05, 0.1) is 25.4 Å². The molecule has 2 atom stereocenters. The van der Waals surface area contributed by atoms with Crippen molar-refractivity contribution in [2.75, 3.05) is 13.2 Å². The highest BCUT2D eigenvalue weighted by Crippen LogP contribution is 2.19. The Morgan fingerprint density at radius 1 is 0.346 bits per heavy atom. The fourth-order valence-electron chi connectivity index (χ4n) is 11.6. The molecule has 0 bridgehead atoms. The summed E-state index contributed by atoms with van der Waals surface area (Å²) in [5.74, 6) is -0.0357. The number of hydrogen-bond donors (Lipinski definition) is 3. The summed E-state index contributed by atoms with van der Waals surface area (Å²) in [7, 11) is 0. The molecule has 6 nitrogen and oxygen atoms in total. The summed E-state index contributed by atoms with van der Waals surface area (Å²) in [5.41, 5.74) is 0. The van der Waals surface area contributed by atoms with Crippen molar-refractivity contribution in [3.8, 4) is 0 Å². The van der Waals surface area contributed by atoms with Crippen LogP contribution in [0.3, 0.4) is 0 Å². The molecule has 0 rings (SSSR count). The van der Waals surface area contributed by atoms with Crippen LogP contribution in [0.15, 0.2) is 12.2 Å². The molecule has 1 amide bonds. The number of aliphatic hydroxyl groups is 2. The molecule has 0 spiro atoms. The molecule has 0 saturated carbocycles. The third kappa shape index (κ3) is 63.8. The summed E-state index contributed by atoms with van der Waals surface area (Å²) >= 11 is 0. The molecular formula is C72H141NO5. The maximum Gasteiger partial charge on any atom is 0.305 e. The van der Waals surface area contributed by atoms with E-state index in [-0.39, 0.29) is 18.5 Å². The van der Waals surface area contributed by atoms with E-state index in [2.05, 4.69) is 19.2 Å². The molecule has 0 aliphatic heterocycles. The van der Waals surface area contributed by atoms with Crippen LogP contribution >= 0.6 is 0 Å². The number of nitrogens with one attached hydrogen (secondary N) is 1. The average Bonchev–Trinajstić information content (AvgIpc) is 3.44. The van der Waals surface area contributed by atoms with E-state index < -0.39 is 12.1 Å². The normalized spacial score (nSPS) is 12.5. The Morgan fingerprint density at radius 2 is 0.590 bits per heavy atom. The van der Waals surface area contributed by atoms with E-state index in [1.54, 1.807) is 6.08 Å². The minimum absolute atomic E-state index is 0.0261. The number of hydrogen-bond acceptors (Lipinski definition) is 5. The van der Waals surface area contributed by atoms with Crippen LogP contribution in [0.25, 0.3) is 0 Å². The molecule has 0 saturated heterocycles. The topological polar surface area (TPSA) is 95.9 Å². The van der Waals surface area contributed by atoms with E-state index in [4.69, 9.17) is 4.74 Å². The molecule has 0 aromatic carbocycles. The number of allylic oxidation sites excluding steroid dienone is 1. The number of carbonyl (C=O) groups excluding carboxylic acids is 2. The third-order valence-electron chi connectivity index (χ3n) is 17.1. The first-order valence-corrected chi connectivity index (χ1v) is 36.0. The Labute approximate surface area is 489 Å². The molecule has 2 unspecified atom stereocenters. The summed E-state index contributed by atoms with van der Waals surface area (Å²) in [6, 6.07) is -0.621. The van der Waals surface area contributed by atoms with Crippen molar-refractivity contribution in [2.24, 2.45) is 0 Å². The summed E-state index contributed by atoms with van der Waals surface area (Å²) in [4.78, 5) is 24.5. The molecule has 0 fully saturated rings. The monoisotopic (exact) mass is 1100 g/mol. The number of amides is 1. The van der Waals surface area contributed by atoms with Gasteiger partial charge in [-0.1, -0.05) is 379 Å². The minimum atomic E-state index is -0.838. The second kappa shape index (κ2) is 68.1. The number of esters is 1. The van der Waals surface area contributed by atoms with Gasteiger partial charge >= 0.3 is 5.97 Å². The van der Waals surface area contributed by atoms with E-state index in [0.717, 1.165) is 38.5 Å². The SMILES string of the molecule is CCCCCCCCCCC/C=C/C(O)C(CO)NC(=O)CCCCCCCCCCCCCCCCCCCCCCCCCCCCCCCCCCCCCOC(=O)CCCCCCCCCCCCCCCCC. The Bertz CT molecular complexity index is 1180. The van der Waals surface area contributed by atoms with Gasteiger partial charge < -0.3 is 20.3 Å². The lowest BCUT2D eigenvalue weighted by molar-refractivity contribution is -0.143. The molecule has 0 aliphatic carbocycles. The highest BCUT2D eigenvalue weighted by atomic mass is 16.5. The predicted octanol–water partition coefficient (Wildman–Crippen LogP) is 23.1. The largest absolute Gasteiger partial charge is 0.466 e. The zero-order chi connectivity index (χ0) is 56.4. The van der Waals surface area contributed by atoms with Crippen molar-refractivity contribution >= 4 is 11.9 Å². The summed E-state index contributed by atoms with van der Waals surface area (Å²) in [5, 5.41) is 23.1. The Balaban J connectivity index is 3.28. The van der Waals surface area contributed by atoms with Crippen molar-refractivity contribution in [1.82, 2.24) is 5.32 Å². The third-order valence-corrected chi connectivity index (χ3v) is 17.1.